The number of anilines is 1. The molecule has 2 aromatic rings. The smallest absolute Gasteiger partial charge is 0.341 e. The van der Waals surface area contributed by atoms with Crippen LogP contribution in [0, 0.1) is 0 Å². The van der Waals surface area contributed by atoms with Gasteiger partial charge in [0.2, 0.25) is 0 Å². The minimum Gasteiger partial charge on any atom is -0.494 e. The molecule has 0 saturated carbocycles. The fourth-order valence-electron chi connectivity index (χ4n) is 2.28. The van der Waals surface area contributed by atoms with E-state index in [1.54, 1.807) is 25.1 Å². The molecule has 0 fully saturated rings. The summed E-state index contributed by atoms with van der Waals surface area (Å²) in [7, 11) is -1.59. The first-order valence-electron chi connectivity index (χ1n) is 7.41. The second-order valence-corrected chi connectivity index (χ2v) is 7.44. The summed E-state index contributed by atoms with van der Waals surface area (Å²) in [6, 6.07) is 5.33. The second kappa shape index (κ2) is 7.48. The molecule has 0 aliphatic carbocycles. The van der Waals surface area contributed by atoms with Crippen molar-refractivity contribution in [2.75, 3.05) is 37.6 Å². The predicted octanol–water partition coefficient (Wildman–Crippen LogP) is 1.88. The number of aromatic nitrogens is 1. The van der Waals surface area contributed by atoms with Gasteiger partial charge in [-0.25, -0.2) is 13.2 Å². The van der Waals surface area contributed by atoms with Gasteiger partial charge in [0.1, 0.15) is 26.7 Å². The Balaban J connectivity index is 2.51. The Morgan fingerprint density at radius 3 is 2.71 bits per heavy atom. The lowest BCUT2D eigenvalue weighted by Gasteiger charge is -2.15. The van der Waals surface area contributed by atoms with Gasteiger partial charge in [0, 0.05) is 24.4 Å². The van der Waals surface area contributed by atoms with Crippen LogP contribution >= 0.6 is 0 Å². The standard InChI is InChI=1S/C16H20N2O5S/c1-4-23-16(19)12-10-18-15-11(6-5-7-13(15)22-2)14(12)17-8-9-24(3,20)21/h5-7,10H,4,8-9H2,1-3H3,(H,17,18). The van der Waals surface area contributed by atoms with Crippen LogP contribution in [0.15, 0.2) is 24.4 Å². The van der Waals surface area contributed by atoms with Crippen LogP contribution in [0.4, 0.5) is 5.69 Å². The van der Waals surface area contributed by atoms with Crippen LogP contribution in [0.1, 0.15) is 17.3 Å². The molecule has 0 atom stereocenters. The Hall–Kier alpha value is -2.35. The lowest BCUT2D eigenvalue weighted by molar-refractivity contribution is 0.0527. The van der Waals surface area contributed by atoms with Crippen LogP contribution in [0.25, 0.3) is 10.9 Å². The number of esters is 1. The van der Waals surface area contributed by atoms with E-state index in [2.05, 4.69) is 10.3 Å². The van der Waals surface area contributed by atoms with Crippen molar-refractivity contribution < 1.29 is 22.7 Å². The lowest BCUT2D eigenvalue weighted by atomic mass is 10.1. The number of fused-ring (bicyclic) bond motifs is 1. The molecule has 1 aromatic heterocycles. The van der Waals surface area contributed by atoms with Crippen LogP contribution in [-0.2, 0) is 14.6 Å². The number of carbonyl (C=O) groups excluding carboxylic acids is 1. The lowest BCUT2D eigenvalue weighted by Crippen LogP contribution is -2.17. The summed E-state index contributed by atoms with van der Waals surface area (Å²) in [6.45, 7) is 2.12. The van der Waals surface area contributed by atoms with Crippen molar-refractivity contribution in [1.82, 2.24) is 4.98 Å². The molecule has 0 bridgehead atoms. The molecule has 0 unspecified atom stereocenters. The van der Waals surface area contributed by atoms with Crippen LogP contribution in [0.3, 0.4) is 0 Å². The number of pyridine rings is 1. The first-order chi connectivity index (χ1) is 11.4. The number of rotatable bonds is 7. The zero-order valence-electron chi connectivity index (χ0n) is 13.8. The van der Waals surface area contributed by atoms with Gasteiger partial charge in [-0.05, 0) is 13.0 Å². The number of methoxy groups -OCH3 is 1. The van der Waals surface area contributed by atoms with Gasteiger partial charge in [0.15, 0.2) is 0 Å². The van der Waals surface area contributed by atoms with Crippen LogP contribution in [-0.4, -0.2) is 51.6 Å². The van der Waals surface area contributed by atoms with Crippen LogP contribution in [0.2, 0.25) is 0 Å². The van der Waals surface area contributed by atoms with Crippen molar-refractivity contribution in [1.29, 1.82) is 0 Å². The van der Waals surface area contributed by atoms with E-state index in [9.17, 15) is 13.2 Å². The van der Waals surface area contributed by atoms with Crippen LogP contribution < -0.4 is 10.1 Å². The Morgan fingerprint density at radius 1 is 1.33 bits per heavy atom. The molecule has 1 heterocycles. The van der Waals surface area contributed by atoms with E-state index in [0.29, 0.717) is 22.3 Å². The zero-order chi connectivity index (χ0) is 17.7. The average molecular weight is 352 g/mol. The summed E-state index contributed by atoms with van der Waals surface area (Å²) in [6.07, 6.45) is 2.57. The summed E-state index contributed by atoms with van der Waals surface area (Å²) in [5.41, 5.74) is 1.32. The fraction of sp³-hybridized carbons (Fsp3) is 0.375. The minimum absolute atomic E-state index is 0.0525. The topological polar surface area (TPSA) is 94.6 Å². The van der Waals surface area contributed by atoms with Crippen LogP contribution in [0.5, 0.6) is 5.75 Å². The van der Waals surface area contributed by atoms with Gasteiger partial charge in [-0.1, -0.05) is 12.1 Å². The molecule has 1 N–H and O–H groups in total. The number of sulfone groups is 1. The summed E-state index contributed by atoms with van der Waals surface area (Å²) >= 11 is 0. The number of carbonyl (C=O) groups is 1. The number of ether oxygens (including phenoxy) is 2. The molecule has 0 radical (unpaired) electrons. The molecule has 0 aliphatic rings. The third-order valence-electron chi connectivity index (χ3n) is 3.35. The summed E-state index contributed by atoms with van der Waals surface area (Å²) < 4.78 is 33.0. The van der Waals surface area contributed by atoms with Gasteiger partial charge in [0.25, 0.3) is 0 Å². The summed E-state index contributed by atoms with van der Waals surface area (Å²) in [5.74, 6) is -0.00563. The molecule has 7 nitrogen and oxygen atoms in total. The second-order valence-electron chi connectivity index (χ2n) is 5.18. The fourth-order valence-corrected chi connectivity index (χ4v) is 2.75. The number of nitrogens with zero attached hydrogens (tertiary/aromatic N) is 1. The molecule has 0 saturated heterocycles. The molecule has 0 aliphatic heterocycles. The summed E-state index contributed by atoms with van der Waals surface area (Å²) in [5, 5.41) is 3.69. The maximum atomic E-state index is 12.2. The summed E-state index contributed by atoms with van der Waals surface area (Å²) in [4.78, 5) is 16.5. The van der Waals surface area contributed by atoms with Crippen molar-refractivity contribution in [2.24, 2.45) is 0 Å². The van der Waals surface area contributed by atoms with Gasteiger partial charge in [-0.15, -0.1) is 0 Å². The molecule has 24 heavy (non-hydrogen) atoms. The molecular weight excluding hydrogens is 332 g/mol. The van der Waals surface area contributed by atoms with E-state index in [4.69, 9.17) is 9.47 Å². The van der Waals surface area contributed by atoms with E-state index in [0.717, 1.165) is 6.26 Å². The number of hydrogen-bond donors (Lipinski definition) is 1. The van der Waals surface area contributed by atoms with E-state index in [-0.39, 0.29) is 24.5 Å². The Kier molecular flexibility index (Phi) is 5.61. The van der Waals surface area contributed by atoms with Gasteiger partial charge >= 0.3 is 5.97 Å². The van der Waals surface area contributed by atoms with Gasteiger partial charge in [-0.3, -0.25) is 4.98 Å². The predicted molar refractivity (Wildman–Crippen MR) is 92.5 cm³/mol. The molecule has 0 amide bonds. The minimum atomic E-state index is -3.12. The number of nitrogens with one attached hydrogen (secondary N) is 1. The van der Waals surface area contributed by atoms with Gasteiger partial charge in [-0.2, -0.15) is 0 Å². The van der Waals surface area contributed by atoms with Gasteiger partial charge in [0.05, 0.1) is 25.2 Å². The first-order valence-corrected chi connectivity index (χ1v) is 9.48. The van der Waals surface area contributed by atoms with Crippen molar-refractivity contribution in [2.45, 2.75) is 6.92 Å². The maximum absolute atomic E-state index is 12.2. The number of para-hydroxylation sites is 1. The van der Waals surface area contributed by atoms with E-state index < -0.39 is 15.8 Å². The maximum Gasteiger partial charge on any atom is 0.341 e. The monoisotopic (exact) mass is 352 g/mol. The average Bonchev–Trinajstić information content (AvgIpc) is 2.53. The molecule has 1 aromatic carbocycles. The van der Waals surface area contributed by atoms with Crippen molar-refractivity contribution in [3.8, 4) is 5.75 Å². The quantitative estimate of drug-likeness (QED) is 0.760. The highest BCUT2D eigenvalue weighted by Gasteiger charge is 2.18. The van der Waals surface area contributed by atoms with E-state index in [1.165, 1.54) is 13.3 Å². The highest BCUT2D eigenvalue weighted by Crippen LogP contribution is 2.31. The van der Waals surface area contributed by atoms with E-state index >= 15 is 0 Å². The molecule has 8 heteroatoms. The highest BCUT2D eigenvalue weighted by molar-refractivity contribution is 7.90. The normalized spacial score (nSPS) is 11.3. The third kappa shape index (κ3) is 4.14. The molecule has 2 rings (SSSR count). The molecule has 0 spiro atoms. The number of hydrogen-bond acceptors (Lipinski definition) is 7. The van der Waals surface area contributed by atoms with Crippen molar-refractivity contribution in [3.05, 3.63) is 30.0 Å². The Bertz CT molecular complexity index is 849. The zero-order valence-corrected chi connectivity index (χ0v) is 14.6. The molecular formula is C16H20N2O5S. The Labute approximate surface area is 140 Å². The first kappa shape index (κ1) is 18.0. The van der Waals surface area contributed by atoms with Gasteiger partial charge < -0.3 is 14.8 Å². The molecule has 130 valence electrons. The largest absolute Gasteiger partial charge is 0.494 e. The third-order valence-corrected chi connectivity index (χ3v) is 4.30. The van der Waals surface area contributed by atoms with E-state index in [1.807, 2.05) is 0 Å². The highest BCUT2D eigenvalue weighted by atomic mass is 32.2. The SMILES string of the molecule is CCOC(=O)c1cnc2c(OC)cccc2c1NCCS(C)(=O)=O. The van der Waals surface area contributed by atoms with Crippen molar-refractivity contribution >= 4 is 32.4 Å². The van der Waals surface area contributed by atoms with Crippen molar-refractivity contribution in [3.63, 3.8) is 0 Å². The number of benzene rings is 1. The Morgan fingerprint density at radius 2 is 2.08 bits per heavy atom.